The van der Waals surface area contributed by atoms with Gasteiger partial charge < -0.3 is 18.9 Å². The number of hydrogen-bond acceptors (Lipinski definition) is 5. The first-order chi connectivity index (χ1) is 9.93. The van der Waals surface area contributed by atoms with Crippen LogP contribution in [-0.2, 0) is 23.7 Å². The van der Waals surface area contributed by atoms with E-state index in [-0.39, 0.29) is 36.5 Å². The van der Waals surface area contributed by atoms with Gasteiger partial charge in [-0.2, -0.15) is 0 Å². The van der Waals surface area contributed by atoms with Gasteiger partial charge in [-0.3, -0.25) is 4.79 Å². The average Bonchev–Trinajstić information content (AvgIpc) is 2.77. The lowest BCUT2D eigenvalue weighted by Gasteiger charge is -2.39. The Bertz CT molecular complexity index is 448. The first-order valence-corrected chi connectivity index (χ1v) is 8.13. The van der Waals surface area contributed by atoms with Crippen LogP contribution >= 0.6 is 0 Å². The highest BCUT2D eigenvalue weighted by atomic mass is 16.8. The molecule has 0 radical (unpaired) electrons. The number of hydrogen-bond donors (Lipinski definition) is 0. The minimum absolute atomic E-state index is 0.0720. The van der Waals surface area contributed by atoms with Gasteiger partial charge in [0, 0.05) is 6.42 Å². The maximum absolute atomic E-state index is 12.0. The molecule has 0 aromatic carbocycles. The van der Waals surface area contributed by atoms with Crippen molar-refractivity contribution in [2.75, 3.05) is 0 Å². The third-order valence-corrected chi connectivity index (χ3v) is 5.36. The summed E-state index contributed by atoms with van der Waals surface area (Å²) in [7, 11) is 0. The summed E-state index contributed by atoms with van der Waals surface area (Å²) in [5.41, 5.74) is 0. The predicted octanol–water partition coefficient (Wildman–Crippen LogP) is 2.23. The molecule has 3 aliphatic heterocycles. The van der Waals surface area contributed by atoms with Crippen LogP contribution in [0.3, 0.4) is 0 Å². The first-order valence-electron chi connectivity index (χ1n) is 8.13. The molecular formula is C16H24O5. The Morgan fingerprint density at radius 2 is 1.95 bits per heavy atom. The van der Waals surface area contributed by atoms with E-state index >= 15 is 0 Å². The lowest BCUT2D eigenvalue weighted by Crippen LogP contribution is -2.47. The molecule has 4 rings (SSSR count). The standard InChI is InChI=1S/C16H24O5/c1-8-6-9-4-5-10-12(13(9)19-11(17)7-8)14-15(18-10)21-16(2,3)20-14/h8-10,12-15H,4-7H2,1-3H3/t8-,9-,10+,12-,13-,14+,15+/m0/s1. The van der Waals surface area contributed by atoms with Crippen molar-refractivity contribution in [1.82, 2.24) is 0 Å². The highest BCUT2D eigenvalue weighted by Crippen LogP contribution is 2.50. The van der Waals surface area contributed by atoms with Crippen molar-refractivity contribution < 1.29 is 23.7 Å². The van der Waals surface area contributed by atoms with Gasteiger partial charge in [0.2, 0.25) is 0 Å². The van der Waals surface area contributed by atoms with Gasteiger partial charge in [0.15, 0.2) is 12.1 Å². The smallest absolute Gasteiger partial charge is 0.306 e. The first kappa shape index (κ1) is 14.0. The van der Waals surface area contributed by atoms with Crippen LogP contribution in [0.1, 0.15) is 46.5 Å². The summed E-state index contributed by atoms with van der Waals surface area (Å²) < 4.78 is 23.8. The van der Waals surface area contributed by atoms with Crippen LogP contribution < -0.4 is 0 Å². The van der Waals surface area contributed by atoms with E-state index in [0.29, 0.717) is 18.3 Å². The molecule has 5 heteroatoms. The Balaban J connectivity index is 1.61. The minimum atomic E-state index is -0.616. The third-order valence-electron chi connectivity index (χ3n) is 5.36. The highest BCUT2D eigenvalue weighted by molar-refractivity contribution is 5.70. The highest BCUT2D eigenvalue weighted by Gasteiger charge is 2.60. The molecule has 0 aromatic rings. The summed E-state index contributed by atoms with van der Waals surface area (Å²) in [5.74, 6) is 0.263. The maximum Gasteiger partial charge on any atom is 0.306 e. The van der Waals surface area contributed by atoms with Crippen LogP contribution in [0, 0.1) is 17.8 Å². The van der Waals surface area contributed by atoms with Gasteiger partial charge in [0.05, 0.1) is 12.0 Å². The van der Waals surface area contributed by atoms with Gasteiger partial charge in [0.25, 0.3) is 0 Å². The predicted molar refractivity (Wildman–Crippen MR) is 73.2 cm³/mol. The average molecular weight is 296 g/mol. The Hall–Kier alpha value is -0.650. The zero-order chi connectivity index (χ0) is 14.8. The molecule has 0 aromatic heterocycles. The molecule has 7 atom stereocenters. The summed E-state index contributed by atoms with van der Waals surface area (Å²) in [4.78, 5) is 12.0. The van der Waals surface area contributed by atoms with Crippen LogP contribution in [0.15, 0.2) is 0 Å². The van der Waals surface area contributed by atoms with Gasteiger partial charge in [-0.15, -0.1) is 0 Å². The van der Waals surface area contributed by atoms with Crippen LogP contribution in [0.4, 0.5) is 0 Å². The number of carbonyl (C=O) groups excluding carboxylic acids is 1. The molecule has 3 heterocycles. The van der Waals surface area contributed by atoms with Crippen LogP contribution in [0.5, 0.6) is 0 Å². The molecule has 3 saturated heterocycles. The van der Waals surface area contributed by atoms with E-state index in [4.69, 9.17) is 18.9 Å². The van der Waals surface area contributed by atoms with Gasteiger partial charge in [-0.05, 0) is 44.9 Å². The van der Waals surface area contributed by atoms with E-state index in [1.165, 1.54) is 0 Å². The van der Waals surface area contributed by atoms with E-state index in [1.54, 1.807) is 0 Å². The molecule has 4 fully saturated rings. The van der Waals surface area contributed by atoms with Crippen LogP contribution in [0.2, 0.25) is 0 Å². The number of carbonyl (C=O) groups is 1. The molecule has 4 aliphatic rings. The van der Waals surface area contributed by atoms with Crippen LogP contribution in [0.25, 0.3) is 0 Å². The molecule has 1 saturated carbocycles. The van der Waals surface area contributed by atoms with Crippen molar-refractivity contribution in [3.05, 3.63) is 0 Å². The Labute approximate surface area is 125 Å². The zero-order valence-corrected chi connectivity index (χ0v) is 12.9. The molecule has 0 N–H and O–H groups in total. The van der Waals surface area contributed by atoms with Gasteiger partial charge in [-0.1, -0.05) is 6.92 Å². The number of esters is 1. The Morgan fingerprint density at radius 1 is 1.14 bits per heavy atom. The maximum atomic E-state index is 12.0. The molecular weight excluding hydrogens is 272 g/mol. The van der Waals surface area contributed by atoms with Gasteiger partial charge in [-0.25, -0.2) is 0 Å². The number of fused-ring (bicyclic) bond motifs is 5. The summed E-state index contributed by atoms with van der Waals surface area (Å²) in [5, 5.41) is 0. The van der Waals surface area contributed by atoms with Gasteiger partial charge in [0.1, 0.15) is 12.2 Å². The van der Waals surface area contributed by atoms with E-state index in [1.807, 2.05) is 13.8 Å². The molecule has 1 aliphatic carbocycles. The molecule has 21 heavy (non-hydrogen) atoms. The summed E-state index contributed by atoms with van der Waals surface area (Å²) in [6, 6.07) is 0. The summed E-state index contributed by atoms with van der Waals surface area (Å²) in [6.45, 7) is 5.96. The second-order valence-corrected chi connectivity index (χ2v) is 7.56. The molecule has 118 valence electrons. The Kier molecular flexibility index (Phi) is 3.11. The van der Waals surface area contributed by atoms with E-state index in [0.717, 1.165) is 19.3 Å². The van der Waals surface area contributed by atoms with E-state index in [9.17, 15) is 4.79 Å². The lowest BCUT2D eigenvalue weighted by atomic mass is 9.73. The van der Waals surface area contributed by atoms with Crippen molar-refractivity contribution in [2.24, 2.45) is 17.8 Å². The molecule has 5 nitrogen and oxygen atoms in total. The van der Waals surface area contributed by atoms with E-state index in [2.05, 4.69) is 6.92 Å². The fraction of sp³-hybridized carbons (Fsp3) is 0.938. The van der Waals surface area contributed by atoms with Crippen molar-refractivity contribution in [2.45, 2.75) is 76.8 Å². The monoisotopic (exact) mass is 296 g/mol. The second-order valence-electron chi connectivity index (χ2n) is 7.56. The van der Waals surface area contributed by atoms with Crippen molar-refractivity contribution >= 4 is 5.97 Å². The molecule has 0 bridgehead atoms. The molecule has 0 spiro atoms. The van der Waals surface area contributed by atoms with Gasteiger partial charge >= 0.3 is 5.97 Å². The quantitative estimate of drug-likeness (QED) is 0.642. The topological polar surface area (TPSA) is 54.0 Å². The largest absolute Gasteiger partial charge is 0.462 e. The molecule has 0 unspecified atom stereocenters. The Morgan fingerprint density at radius 3 is 2.76 bits per heavy atom. The fourth-order valence-electron chi connectivity index (χ4n) is 4.62. The van der Waals surface area contributed by atoms with Crippen molar-refractivity contribution in [1.29, 1.82) is 0 Å². The van der Waals surface area contributed by atoms with Crippen molar-refractivity contribution in [3.63, 3.8) is 0 Å². The van der Waals surface area contributed by atoms with Crippen molar-refractivity contribution in [3.8, 4) is 0 Å². The summed E-state index contributed by atoms with van der Waals surface area (Å²) in [6.07, 6.45) is 3.26. The number of rotatable bonds is 0. The third kappa shape index (κ3) is 2.30. The normalized spacial score (nSPS) is 51.6. The van der Waals surface area contributed by atoms with Crippen LogP contribution in [-0.4, -0.2) is 36.4 Å². The fourth-order valence-corrected chi connectivity index (χ4v) is 4.62. The SMILES string of the molecule is C[C@@H]1CC(=O)O[C@H]2[C@@H](CC[C@H]3O[C@@H]4OC(C)(C)O[C@@H]4[C@H]23)C1. The minimum Gasteiger partial charge on any atom is -0.462 e. The van der Waals surface area contributed by atoms with E-state index < -0.39 is 5.79 Å². The zero-order valence-electron chi connectivity index (χ0n) is 12.9. The molecule has 0 amide bonds. The lowest BCUT2D eigenvalue weighted by molar-refractivity contribution is -0.222. The number of ether oxygens (including phenoxy) is 4. The second kappa shape index (κ2) is 4.67. The summed E-state index contributed by atoms with van der Waals surface area (Å²) >= 11 is 0.